The van der Waals surface area contributed by atoms with Crippen molar-refractivity contribution in [3.8, 4) is 11.1 Å². The van der Waals surface area contributed by atoms with Crippen LogP contribution in [0.25, 0.3) is 27.6 Å². The smallest absolute Gasteiger partial charge is 0.207 e. The highest BCUT2D eigenvalue weighted by Gasteiger charge is 2.34. The fourth-order valence-electron chi connectivity index (χ4n) is 4.14. The van der Waals surface area contributed by atoms with E-state index >= 15 is 0 Å². The first-order chi connectivity index (χ1) is 11.3. The lowest BCUT2D eigenvalue weighted by molar-refractivity contribution is -0.660. The van der Waals surface area contributed by atoms with Crippen LogP contribution < -0.4 is 4.57 Å². The first-order valence-electron chi connectivity index (χ1n) is 8.24. The van der Waals surface area contributed by atoms with E-state index in [0.29, 0.717) is 0 Å². The average molecular weight is 302 g/mol. The van der Waals surface area contributed by atoms with Crippen molar-refractivity contribution in [3.05, 3.63) is 71.7 Å². The molecule has 0 fully saturated rings. The van der Waals surface area contributed by atoms with Gasteiger partial charge in [-0.1, -0.05) is 30.3 Å². The Bertz CT molecular complexity index is 970. The van der Waals surface area contributed by atoms with Crippen LogP contribution >= 0.6 is 0 Å². The summed E-state index contributed by atoms with van der Waals surface area (Å²) in [6.07, 6.45) is 3.66. The number of halogens is 1. The Hall–Kier alpha value is -2.48. The van der Waals surface area contributed by atoms with E-state index in [4.69, 9.17) is 0 Å². The fraction of sp³-hybridized carbons (Fsp3) is 0.190. The molecule has 0 atom stereocenters. The second kappa shape index (κ2) is 4.76. The van der Waals surface area contributed by atoms with Crippen molar-refractivity contribution in [1.82, 2.24) is 0 Å². The molecule has 0 radical (unpaired) electrons. The zero-order valence-corrected chi connectivity index (χ0v) is 12.8. The summed E-state index contributed by atoms with van der Waals surface area (Å²) in [5, 5.41) is 1.00. The molecular formula is C21H17FN+. The number of hydrogen-bond acceptors (Lipinski definition) is 0. The summed E-state index contributed by atoms with van der Waals surface area (Å²) < 4.78 is 16.3. The van der Waals surface area contributed by atoms with E-state index in [1.165, 1.54) is 30.5 Å². The Morgan fingerprint density at radius 1 is 0.913 bits per heavy atom. The molecule has 2 aromatic carbocycles. The van der Waals surface area contributed by atoms with Crippen LogP contribution in [0.4, 0.5) is 4.39 Å². The van der Waals surface area contributed by atoms with Crippen molar-refractivity contribution < 1.29 is 8.96 Å². The quantitative estimate of drug-likeness (QED) is 0.564. The van der Waals surface area contributed by atoms with Crippen molar-refractivity contribution in [2.75, 3.05) is 0 Å². The summed E-state index contributed by atoms with van der Waals surface area (Å²) >= 11 is 0. The highest BCUT2D eigenvalue weighted by Crippen LogP contribution is 2.40. The van der Waals surface area contributed by atoms with Gasteiger partial charge in [0.2, 0.25) is 11.2 Å². The summed E-state index contributed by atoms with van der Waals surface area (Å²) in [7, 11) is 0. The second-order valence-corrected chi connectivity index (χ2v) is 6.49. The molecule has 0 saturated carbocycles. The lowest BCUT2D eigenvalue weighted by Crippen LogP contribution is -2.36. The molecule has 0 amide bonds. The van der Waals surface area contributed by atoms with Crippen LogP contribution in [-0.4, -0.2) is 0 Å². The standard InChI is InChI=1S/C21H17FN/c22-16-9-10-20-19(11-16)18(14-5-2-1-3-6-14)12-21-17-8-4-7-15(17)13-23(20)21/h1-3,5-6,9-12H,4,7-8,13H2/q+1. The van der Waals surface area contributed by atoms with E-state index in [-0.39, 0.29) is 5.82 Å². The summed E-state index contributed by atoms with van der Waals surface area (Å²) in [6, 6.07) is 17.8. The van der Waals surface area contributed by atoms with Crippen molar-refractivity contribution in [2.24, 2.45) is 0 Å². The Morgan fingerprint density at radius 2 is 1.78 bits per heavy atom. The van der Waals surface area contributed by atoms with E-state index < -0.39 is 0 Å². The van der Waals surface area contributed by atoms with Gasteiger partial charge in [-0.05, 0) is 37.0 Å². The SMILES string of the molecule is Fc1ccc2c(c1)c(-c1ccccc1)cc1[n+]2CC2=C1CCC2. The molecule has 0 bridgehead atoms. The van der Waals surface area contributed by atoms with Crippen LogP contribution in [-0.2, 0) is 6.54 Å². The van der Waals surface area contributed by atoms with Crippen molar-refractivity contribution >= 4 is 16.5 Å². The highest BCUT2D eigenvalue weighted by molar-refractivity contribution is 5.94. The van der Waals surface area contributed by atoms with Gasteiger partial charge in [-0.2, -0.15) is 4.57 Å². The van der Waals surface area contributed by atoms with Crippen molar-refractivity contribution in [2.45, 2.75) is 25.8 Å². The van der Waals surface area contributed by atoms with E-state index in [2.05, 4.69) is 22.8 Å². The Morgan fingerprint density at radius 3 is 2.65 bits per heavy atom. The van der Waals surface area contributed by atoms with Crippen LogP contribution in [0.5, 0.6) is 0 Å². The summed E-state index contributed by atoms with van der Waals surface area (Å²) in [6.45, 7) is 0.974. The number of pyridine rings is 1. The van der Waals surface area contributed by atoms with Gasteiger partial charge in [0.1, 0.15) is 5.82 Å². The van der Waals surface area contributed by atoms with Gasteiger partial charge in [0, 0.05) is 28.8 Å². The third-order valence-corrected chi connectivity index (χ3v) is 5.19. The molecule has 2 aliphatic rings. The van der Waals surface area contributed by atoms with Gasteiger partial charge in [-0.3, -0.25) is 0 Å². The van der Waals surface area contributed by atoms with Crippen LogP contribution in [0.3, 0.4) is 0 Å². The van der Waals surface area contributed by atoms with Gasteiger partial charge >= 0.3 is 0 Å². The predicted octanol–water partition coefficient (Wildman–Crippen LogP) is 4.88. The number of fused-ring (bicyclic) bond motifs is 4. The van der Waals surface area contributed by atoms with Gasteiger partial charge in [0.15, 0.2) is 6.54 Å². The van der Waals surface area contributed by atoms with E-state index in [0.717, 1.165) is 28.6 Å². The van der Waals surface area contributed by atoms with E-state index in [1.54, 1.807) is 17.7 Å². The summed E-state index contributed by atoms with van der Waals surface area (Å²) in [5.41, 5.74) is 7.84. The van der Waals surface area contributed by atoms with Gasteiger partial charge in [0.25, 0.3) is 0 Å². The van der Waals surface area contributed by atoms with E-state index in [9.17, 15) is 4.39 Å². The first kappa shape index (κ1) is 13.0. The molecule has 23 heavy (non-hydrogen) atoms. The number of benzene rings is 2. The molecular weight excluding hydrogens is 285 g/mol. The topological polar surface area (TPSA) is 3.88 Å². The number of rotatable bonds is 1. The van der Waals surface area contributed by atoms with Crippen molar-refractivity contribution in [1.29, 1.82) is 0 Å². The molecule has 1 nitrogen and oxygen atoms in total. The first-order valence-corrected chi connectivity index (χ1v) is 8.24. The zero-order chi connectivity index (χ0) is 15.4. The molecule has 112 valence electrons. The minimum Gasteiger partial charge on any atom is -0.207 e. The maximum atomic E-state index is 13.9. The lowest BCUT2D eigenvalue weighted by atomic mass is 9.98. The minimum absolute atomic E-state index is 0.172. The average Bonchev–Trinajstić information content (AvgIpc) is 3.16. The molecule has 2 heterocycles. The van der Waals surface area contributed by atoms with Crippen LogP contribution in [0.15, 0.2) is 60.2 Å². The molecule has 1 aliphatic carbocycles. The molecule has 2 heteroatoms. The predicted molar refractivity (Wildman–Crippen MR) is 90.3 cm³/mol. The number of aromatic nitrogens is 1. The molecule has 5 rings (SSSR count). The normalized spacial score (nSPS) is 16.0. The largest absolute Gasteiger partial charge is 0.214 e. The van der Waals surface area contributed by atoms with Crippen molar-refractivity contribution in [3.63, 3.8) is 0 Å². The number of allylic oxidation sites excluding steroid dienone is 2. The maximum Gasteiger partial charge on any atom is 0.214 e. The maximum absolute atomic E-state index is 13.9. The molecule has 0 spiro atoms. The fourth-order valence-corrected chi connectivity index (χ4v) is 4.14. The van der Waals surface area contributed by atoms with Gasteiger partial charge in [-0.15, -0.1) is 0 Å². The van der Waals surface area contributed by atoms with Gasteiger partial charge in [-0.25, -0.2) is 4.39 Å². The third kappa shape index (κ3) is 1.88. The van der Waals surface area contributed by atoms with Crippen LogP contribution in [0, 0.1) is 5.82 Å². The Balaban J connectivity index is 1.87. The van der Waals surface area contributed by atoms with Crippen LogP contribution in [0.1, 0.15) is 25.0 Å². The number of hydrogen-bond donors (Lipinski definition) is 0. The van der Waals surface area contributed by atoms with Gasteiger partial charge < -0.3 is 0 Å². The number of nitrogens with zero attached hydrogens (tertiary/aromatic N) is 1. The zero-order valence-electron chi connectivity index (χ0n) is 12.8. The molecule has 0 unspecified atom stereocenters. The highest BCUT2D eigenvalue weighted by atomic mass is 19.1. The second-order valence-electron chi connectivity index (χ2n) is 6.49. The monoisotopic (exact) mass is 302 g/mol. The molecule has 0 N–H and O–H groups in total. The molecule has 0 saturated heterocycles. The molecule has 1 aliphatic heterocycles. The van der Waals surface area contributed by atoms with Gasteiger partial charge in [0.05, 0.1) is 5.39 Å². The molecule has 1 aromatic heterocycles. The lowest BCUT2D eigenvalue weighted by Gasteiger charge is -2.09. The summed E-state index contributed by atoms with van der Waals surface area (Å²) in [5.74, 6) is -0.172. The van der Waals surface area contributed by atoms with Crippen LogP contribution in [0.2, 0.25) is 0 Å². The molecule has 3 aromatic rings. The minimum atomic E-state index is -0.172. The Labute approximate surface area is 134 Å². The third-order valence-electron chi connectivity index (χ3n) is 5.19. The summed E-state index contributed by atoms with van der Waals surface area (Å²) in [4.78, 5) is 0. The van der Waals surface area contributed by atoms with E-state index in [1.807, 2.05) is 24.3 Å². The Kier molecular flexibility index (Phi) is 2.69.